The summed E-state index contributed by atoms with van der Waals surface area (Å²) in [5.41, 5.74) is 0. The highest BCUT2D eigenvalue weighted by Crippen LogP contribution is 2.36. The molecule has 4 heteroatoms. The molecule has 0 heterocycles. The fourth-order valence-corrected chi connectivity index (χ4v) is 2.42. The van der Waals surface area contributed by atoms with Crippen LogP contribution in [0.15, 0.2) is 60.8 Å². The molecule has 24 heavy (non-hydrogen) atoms. The largest absolute Gasteiger partial charge is 0.466 e. The monoisotopic (exact) mass is 348 g/mol. The Balaban J connectivity index is 3.94. The highest BCUT2D eigenvalue weighted by atomic mass is 28.4. The number of rotatable bonds is 9. The first-order valence-corrected chi connectivity index (χ1v) is 11.2. The van der Waals surface area contributed by atoms with Crippen LogP contribution in [0.3, 0.4) is 0 Å². The number of hydrogen-bond donors (Lipinski definition) is 0. The van der Waals surface area contributed by atoms with E-state index in [9.17, 15) is 4.79 Å². The van der Waals surface area contributed by atoms with Gasteiger partial charge in [-0.25, -0.2) is 4.79 Å². The molecule has 0 radical (unpaired) electrons. The van der Waals surface area contributed by atoms with Gasteiger partial charge >= 0.3 is 5.97 Å². The third-order valence-corrected chi connectivity index (χ3v) is 8.44. The molecule has 134 valence electrons. The van der Waals surface area contributed by atoms with E-state index in [1.165, 1.54) is 13.2 Å². The van der Waals surface area contributed by atoms with Crippen molar-refractivity contribution >= 4 is 14.3 Å². The van der Waals surface area contributed by atoms with Gasteiger partial charge in [0.2, 0.25) is 0 Å². The Bertz CT molecular complexity index is 503. The second kappa shape index (κ2) is 11.8. The minimum atomic E-state index is -1.62. The van der Waals surface area contributed by atoms with Gasteiger partial charge in [-0.3, -0.25) is 0 Å². The van der Waals surface area contributed by atoms with Crippen molar-refractivity contribution in [3.05, 3.63) is 60.8 Å². The van der Waals surface area contributed by atoms with Crippen LogP contribution in [0.4, 0.5) is 0 Å². The number of ether oxygens (including phenoxy) is 1. The Hall–Kier alpha value is -1.65. The summed E-state index contributed by atoms with van der Waals surface area (Å²) in [5, 5.41) is 0.265. The highest BCUT2D eigenvalue weighted by Gasteiger charge is 2.36. The maximum atomic E-state index is 10.8. The molecule has 0 rings (SSSR count). The van der Waals surface area contributed by atoms with Gasteiger partial charge in [0.25, 0.3) is 0 Å². The predicted molar refractivity (Wildman–Crippen MR) is 105 cm³/mol. The van der Waals surface area contributed by atoms with Gasteiger partial charge in [-0.2, -0.15) is 0 Å². The molecule has 0 aromatic carbocycles. The molecule has 0 atom stereocenters. The topological polar surface area (TPSA) is 35.5 Å². The fraction of sp³-hybridized carbons (Fsp3) is 0.450. The van der Waals surface area contributed by atoms with Crippen molar-refractivity contribution in [2.24, 2.45) is 0 Å². The van der Waals surface area contributed by atoms with E-state index in [0.29, 0.717) is 0 Å². The average molecular weight is 349 g/mol. The number of methoxy groups -OCH3 is 1. The van der Waals surface area contributed by atoms with E-state index in [1.54, 1.807) is 12.2 Å². The van der Waals surface area contributed by atoms with Gasteiger partial charge in [-0.1, -0.05) is 75.5 Å². The van der Waals surface area contributed by atoms with Gasteiger partial charge in [0.15, 0.2) is 8.32 Å². The minimum absolute atomic E-state index is 0.265. The van der Waals surface area contributed by atoms with E-state index in [2.05, 4.69) is 44.7 Å². The third-order valence-electron chi connectivity index (χ3n) is 3.90. The predicted octanol–water partition coefficient (Wildman–Crippen LogP) is 5.35. The minimum Gasteiger partial charge on any atom is -0.466 e. The Morgan fingerprint density at radius 1 is 0.917 bits per heavy atom. The lowest BCUT2D eigenvalue weighted by Crippen LogP contribution is -2.40. The van der Waals surface area contributed by atoms with Crippen LogP contribution >= 0.6 is 0 Å². The van der Waals surface area contributed by atoms with Gasteiger partial charge in [0.05, 0.1) is 7.11 Å². The summed E-state index contributed by atoms with van der Waals surface area (Å²) in [6.07, 6.45) is 19.5. The zero-order chi connectivity index (χ0) is 18.5. The lowest BCUT2D eigenvalue weighted by Gasteiger charge is -2.36. The van der Waals surface area contributed by atoms with Crippen LogP contribution in [-0.2, 0) is 14.0 Å². The molecule has 0 aliphatic carbocycles. The molecule has 3 nitrogen and oxygen atoms in total. The summed E-state index contributed by atoms with van der Waals surface area (Å²) < 4.78 is 10.6. The fourth-order valence-electron chi connectivity index (χ4n) is 1.36. The lowest BCUT2D eigenvalue weighted by molar-refractivity contribution is -0.134. The van der Waals surface area contributed by atoms with E-state index in [0.717, 1.165) is 13.0 Å². The number of allylic oxidation sites excluding steroid dienone is 8. The molecular weight excluding hydrogens is 316 g/mol. The smallest absolute Gasteiger partial charge is 0.330 e. The summed E-state index contributed by atoms with van der Waals surface area (Å²) in [7, 11) is -0.262. The second-order valence-electron chi connectivity index (χ2n) is 6.86. The van der Waals surface area contributed by atoms with Crippen LogP contribution in [0.2, 0.25) is 18.1 Å². The second-order valence-corrected chi connectivity index (χ2v) is 11.7. The van der Waals surface area contributed by atoms with Gasteiger partial charge in [-0.15, -0.1) is 0 Å². The van der Waals surface area contributed by atoms with Crippen molar-refractivity contribution in [1.82, 2.24) is 0 Å². The van der Waals surface area contributed by atoms with E-state index in [1.807, 2.05) is 36.5 Å². The zero-order valence-corrected chi connectivity index (χ0v) is 16.9. The van der Waals surface area contributed by atoms with Gasteiger partial charge in [-0.05, 0) is 24.6 Å². The number of hydrogen-bond acceptors (Lipinski definition) is 3. The summed E-state index contributed by atoms with van der Waals surface area (Å²) in [5.74, 6) is -0.355. The van der Waals surface area contributed by atoms with E-state index >= 15 is 0 Å². The molecule has 0 amide bonds. The quantitative estimate of drug-likeness (QED) is 0.185. The molecule has 0 bridgehead atoms. The Kier molecular flexibility index (Phi) is 11.0. The Morgan fingerprint density at radius 2 is 1.42 bits per heavy atom. The first kappa shape index (κ1) is 22.3. The normalized spacial score (nSPS) is 14.1. The van der Waals surface area contributed by atoms with Crippen molar-refractivity contribution < 1.29 is 14.0 Å². The molecule has 0 aromatic heterocycles. The Labute approximate surface area is 148 Å². The Morgan fingerprint density at radius 3 is 1.92 bits per heavy atom. The average Bonchev–Trinajstić information content (AvgIpc) is 2.50. The standard InChI is InChI=1S/C20H32O3Si/c1-20(2,3)24(5,6)23-18-16-14-12-10-8-7-9-11-13-15-17-19(21)22-4/h7-15,17H,16,18H2,1-6H3/b9-7+,10-8+,13-11+,14-12+,17-15+. The van der Waals surface area contributed by atoms with E-state index < -0.39 is 8.32 Å². The third kappa shape index (κ3) is 11.0. The number of esters is 1. The molecule has 0 aromatic rings. The van der Waals surface area contributed by atoms with Crippen LogP contribution in [0, 0.1) is 0 Å². The summed E-state index contributed by atoms with van der Waals surface area (Å²) in [6.45, 7) is 12.1. The first-order chi connectivity index (χ1) is 11.2. The van der Waals surface area contributed by atoms with E-state index in [4.69, 9.17) is 4.43 Å². The zero-order valence-electron chi connectivity index (χ0n) is 15.9. The summed E-state index contributed by atoms with van der Waals surface area (Å²) in [6, 6.07) is 0. The highest BCUT2D eigenvalue weighted by molar-refractivity contribution is 6.74. The molecular formula is C20H32O3Si. The maximum absolute atomic E-state index is 10.8. The molecule has 0 saturated heterocycles. The van der Waals surface area contributed by atoms with E-state index in [-0.39, 0.29) is 11.0 Å². The van der Waals surface area contributed by atoms with Crippen LogP contribution < -0.4 is 0 Å². The molecule has 0 unspecified atom stereocenters. The van der Waals surface area contributed by atoms with Crippen molar-refractivity contribution in [2.75, 3.05) is 13.7 Å². The van der Waals surface area contributed by atoms with Crippen molar-refractivity contribution in [3.8, 4) is 0 Å². The molecule has 0 N–H and O–H groups in total. The van der Waals surface area contributed by atoms with Gasteiger partial charge in [0, 0.05) is 12.7 Å². The van der Waals surface area contributed by atoms with Crippen molar-refractivity contribution in [3.63, 3.8) is 0 Å². The van der Waals surface area contributed by atoms with Crippen molar-refractivity contribution in [1.29, 1.82) is 0 Å². The van der Waals surface area contributed by atoms with Crippen LogP contribution in [0.1, 0.15) is 27.2 Å². The first-order valence-electron chi connectivity index (χ1n) is 8.26. The van der Waals surface area contributed by atoms with Crippen molar-refractivity contribution in [2.45, 2.75) is 45.3 Å². The molecule has 0 fully saturated rings. The summed E-state index contributed by atoms with van der Waals surface area (Å²) >= 11 is 0. The van der Waals surface area contributed by atoms with Crippen LogP contribution in [0.25, 0.3) is 0 Å². The molecule has 0 aliphatic heterocycles. The van der Waals surface area contributed by atoms with Gasteiger partial charge < -0.3 is 9.16 Å². The number of carbonyl (C=O) groups excluding carboxylic acids is 1. The van der Waals surface area contributed by atoms with Crippen LogP contribution in [-0.4, -0.2) is 28.0 Å². The molecule has 0 saturated carbocycles. The maximum Gasteiger partial charge on any atom is 0.330 e. The summed E-state index contributed by atoms with van der Waals surface area (Å²) in [4.78, 5) is 10.8. The SMILES string of the molecule is COC(=O)/C=C/C=C/C=C/C=C/C=C/CCO[Si](C)(C)C(C)(C)C. The van der Waals surface area contributed by atoms with Gasteiger partial charge in [0.1, 0.15) is 0 Å². The molecule has 0 spiro atoms. The number of carbonyl (C=O) groups is 1. The molecule has 0 aliphatic rings. The lowest BCUT2D eigenvalue weighted by atomic mass is 10.2. The van der Waals surface area contributed by atoms with Crippen LogP contribution in [0.5, 0.6) is 0 Å².